The Hall–Kier alpha value is -0.770. The van der Waals surface area contributed by atoms with E-state index in [0.29, 0.717) is 6.04 Å². The molecular weight excluding hydrogens is 248 g/mol. The Labute approximate surface area is 125 Å². The van der Waals surface area contributed by atoms with Crippen molar-refractivity contribution in [3.8, 4) is 0 Å². The summed E-state index contributed by atoms with van der Waals surface area (Å²) in [6.45, 7) is 5.46. The Morgan fingerprint density at radius 1 is 1.10 bits per heavy atom. The Bertz CT molecular complexity index is 257. The molecule has 4 nitrogen and oxygen atoms in total. The predicted molar refractivity (Wildman–Crippen MR) is 87.6 cm³/mol. The number of hydrogen-bond donors (Lipinski definition) is 3. The summed E-state index contributed by atoms with van der Waals surface area (Å²) in [6, 6.07) is 0.560. The Morgan fingerprint density at radius 3 is 2.45 bits per heavy atom. The van der Waals surface area contributed by atoms with Crippen LogP contribution in [-0.2, 0) is 0 Å². The molecular formula is C16H34N4. The molecule has 0 atom stereocenters. The van der Waals surface area contributed by atoms with Gasteiger partial charge in [-0.05, 0) is 25.2 Å². The number of aliphatic imine (C=N–C) groups is 1. The molecule has 1 saturated carbocycles. The van der Waals surface area contributed by atoms with Gasteiger partial charge in [0, 0.05) is 12.6 Å². The van der Waals surface area contributed by atoms with Crippen LogP contribution >= 0.6 is 0 Å². The number of unbranched alkanes of at least 4 members (excludes halogenated alkanes) is 3. The van der Waals surface area contributed by atoms with Crippen molar-refractivity contribution < 1.29 is 0 Å². The highest BCUT2D eigenvalue weighted by Crippen LogP contribution is 2.17. The minimum Gasteiger partial charge on any atom is -0.353 e. The first-order valence-electron chi connectivity index (χ1n) is 8.50. The third kappa shape index (κ3) is 8.41. The molecule has 1 aliphatic rings. The first-order chi connectivity index (χ1) is 9.72. The molecule has 0 spiro atoms. The van der Waals surface area contributed by atoms with Crippen LogP contribution in [0.15, 0.2) is 4.99 Å². The van der Waals surface area contributed by atoms with Gasteiger partial charge in [-0.3, -0.25) is 10.4 Å². The minimum atomic E-state index is 0.560. The minimum absolute atomic E-state index is 0.560. The van der Waals surface area contributed by atoms with Gasteiger partial charge in [0.1, 0.15) is 0 Å². The van der Waals surface area contributed by atoms with Crippen LogP contribution in [0.25, 0.3) is 0 Å². The molecule has 1 aliphatic carbocycles. The van der Waals surface area contributed by atoms with Gasteiger partial charge in [-0.15, -0.1) is 0 Å². The van der Waals surface area contributed by atoms with E-state index in [1.54, 1.807) is 0 Å². The summed E-state index contributed by atoms with van der Waals surface area (Å²) in [5.74, 6) is 7.15. The summed E-state index contributed by atoms with van der Waals surface area (Å²) in [4.78, 5) is 4.54. The summed E-state index contributed by atoms with van der Waals surface area (Å²) in [7, 11) is 0. The number of guanidine groups is 1. The highest BCUT2D eigenvalue weighted by atomic mass is 15.3. The molecule has 0 radical (unpaired) electrons. The lowest BCUT2D eigenvalue weighted by Gasteiger charge is -2.24. The number of rotatable bonds is 8. The van der Waals surface area contributed by atoms with Crippen molar-refractivity contribution in [3.05, 3.63) is 0 Å². The molecule has 1 fully saturated rings. The maximum atomic E-state index is 5.54. The Kier molecular flexibility index (Phi) is 9.46. The molecule has 1 rings (SSSR count). The smallest absolute Gasteiger partial charge is 0.205 e. The van der Waals surface area contributed by atoms with Gasteiger partial charge in [-0.25, -0.2) is 5.84 Å². The van der Waals surface area contributed by atoms with Crippen LogP contribution in [0.3, 0.4) is 0 Å². The maximum absolute atomic E-state index is 5.54. The fraction of sp³-hybridized carbons (Fsp3) is 0.938. The predicted octanol–water partition coefficient (Wildman–Crippen LogP) is 3.33. The average Bonchev–Trinajstić information content (AvgIpc) is 2.45. The van der Waals surface area contributed by atoms with E-state index in [4.69, 9.17) is 5.84 Å². The summed E-state index contributed by atoms with van der Waals surface area (Å²) in [5, 5.41) is 3.44. The zero-order chi connectivity index (χ0) is 14.6. The van der Waals surface area contributed by atoms with Crippen molar-refractivity contribution >= 4 is 5.96 Å². The summed E-state index contributed by atoms with van der Waals surface area (Å²) < 4.78 is 0. The van der Waals surface area contributed by atoms with Gasteiger partial charge < -0.3 is 5.32 Å². The van der Waals surface area contributed by atoms with Crippen molar-refractivity contribution in [1.29, 1.82) is 0 Å². The van der Waals surface area contributed by atoms with Crippen LogP contribution in [-0.4, -0.2) is 18.5 Å². The Balaban J connectivity index is 2.08. The number of hydrogen-bond acceptors (Lipinski definition) is 2. The second-order valence-electron chi connectivity index (χ2n) is 6.45. The topological polar surface area (TPSA) is 62.4 Å². The monoisotopic (exact) mass is 282 g/mol. The lowest BCUT2D eigenvalue weighted by atomic mass is 9.96. The van der Waals surface area contributed by atoms with E-state index in [0.717, 1.165) is 24.8 Å². The summed E-state index contributed by atoms with van der Waals surface area (Å²) >= 11 is 0. The zero-order valence-electron chi connectivity index (χ0n) is 13.5. The molecule has 0 aromatic heterocycles. The van der Waals surface area contributed by atoms with E-state index in [2.05, 4.69) is 29.6 Å². The van der Waals surface area contributed by atoms with Gasteiger partial charge in [0.25, 0.3) is 0 Å². The van der Waals surface area contributed by atoms with Crippen LogP contribution in [0.1, 0.15) is 78.1 Å². The molecule has 0 aromatic carbocycles. The first-order valence-corrected chi connectivity index (χ1v) is 8.50. The molecule has 118 valence electrons. The standard InChI is InChI=1S/C16H34N4/c1-14(2)10-6-3-4-9-13-18-16(20-17)19-15-11-7-5-8-12-15/h14-15H,3-13,17H2,1-2H3,(H2,18,19,20). The molecule has 20 heavy (non-hydrogen) atoms. The molecule has 0 heterocycles. The van der Waals surface area contributed by atoms with Crippen molar-refractivity contribution in [1.82, 2.24) is 10.7 Å². The normalized spacial score (nSPS) is 17.5. The van der Waals surface area contributed by atoms with Gasteiger partial charge >= 0.3 is 0 Å². The van der Waals surface area contributed by atoms with E-state index >= 15 is 0 Å². The van der Waals surface area contributed by atoms with Crippen molar-refractivity contribution in [2.45, 2.75) is 84.1 Å². The lowest BCUT2D eigenvalue weighted by molar-refractivity contribution is 0.410. The van der Waals surface area contributed by atoms with Gasteiger partial charge in [-0.2, -0.15) is 0 Å². The second-order valence-corrected chi connectivity index (χ2v) is 6.45. The van der Waals surface area contributed by atoms with Crippen molar-refractivity contribution in [2.75, 3.05) is 6.54 Å². The number of hydrazine groups is 1. The fourth-order valence-electron chi connectivity index (χ4n) is 2.78. The van der Waals surface area contributed by atoms with Crippen LogP contribution in [0.5, 0.6) is 0 Å². The van der Waals surface area contributed by atoms with E-state index < -0.39 is 0 Å². The quantitative estimate of drug-likeness (QED) is 0.210. The molecule has 4 heteroatoms. The molecule has 0 aliphatic heterocycles. The number of nitrogens with two attached hydrogens (primary N) is 1. The first kappa shape index (κ1) is 17.3. The van der Waals surface area contributed by atoms with Crippen LogP contribution < -0.4 is 16.6 Å². The van der Waals surface area contributed by atoms with E-state index in [1.807, 2.05) is 0 Å². The third-order valence-electron chi connectivity index (χ3n) is 4.04. The maximum Gasteiger partial charge on any atom is 0.205 e. The average molecular weight is 282 g/mol. The van der Waals surface area contributed by atoms with Crippen LogP contribution in [0.4, 0.5) is 0 Å². The van der Waals surface area contributed by atoms with Crippen molar-refractivity contribution in [2.24, 2.45) is 16.8 Å². The molecule has 0 amide bonds. The number of nitrogens with one attached hydrogen (secondary N) is 2. The third-order valence-corrected chi connectivity index (χ3v) is 4.04. The highest BCUT2D eigenvalue weighted by molar-refractivity contribution is 5.79. The summed E-state index contributed by atoms with van der Waals surface area (Å²) in [6.07, 6.45) is 13.0. The van der Waals surface area contributed by atoms with Crippen LogP contribution in [0.2, 0.25) is 0 Å². The molecule has 0 unspecified atom stereocenters. The fourth-order valence-corrected chi connectivity index (χ4v) is 2.78. The van der Waals surface area contributed by atoms with Crippen molar-refractivity contribution in [3.63, 3.8) is 0 Å². The largest absolute Gasteiger partial charge is 0.353 e. The van der Waals surface area contributed by atoms with Gasteiger partial charge in [0.15, 0.2) is 0 Å². The molecule has 0 bridgehead atoms. The van der Waals surface area contributed by atoms with E-state index in [1.165, 1.54) is 57.8 Å². The number of nitrogens with zero attached hydrogens (tertiary/aromatic N) is 1. The summed E-state index contributed by atoms with van der Waals surface area (Å²) in [5.41, 5.74) is 2.71. The highest BCUT2D eigenvalue weighted by Gasteiger charge is 2.13. The lowest BCUT2D eigenvalue weighted by Crippen LogP contribution is -2.47. The van der Waals surface area contributed by atoms with E-state index in [9.17, 15) is 0 Å². The van der Waals surface area contributed by atoms with E-state index in [-0.39, 0.29) is 0 Å². The molecule has 4 N–H and O–H groups in total. The zero-order valence-corrected chi connectivity index (χ0v) is 13.5. The SMILES string of the molecule is CC(C)CCCCCCN=C(NN)NC1CCCCC1. The van der Waals surface area contributed by atoms with Gasteiger partial charge in [-0.1, -0.05) is 58.8 Å². The second kappa shape index (κ2) is 11.0. The van der Waals surface area contributed by atoms with Gasteiger partial charge in [0.05, 0.1) is 0 Å². The Morgan fingerprint density at radius 2 is 1.80 bits per heavy atom. The molecule has 0 aromatic rings. The molecule has 0 saturated heterocycles. The van der Waals surface area contributed by atoms with Gasteiger partial charge in [0.2, 0.25) is 5.96 Å². The van der Waals surface area contributed by atoms with Crippen LogP contribution in [0, 0.1) is 5.92 Å².